The lowest BCUT2D eigenvalue weighted by Crippen LogP contribution is -2.38. The molecular formula is C20H20N2O2S. The fourth-order valence-corrected chi connectivity index (χ4v) is 3.94. The molecule has 1 aliphatic rings. The second kappa shape index (κ2) is 7.23. The highest BCUT2D eigenvalue weighted by atomic mass is 32.2. The maximum Gasteiger partial charge on any atom is 0.270 e. The number of aromatic nitrogens is 1. The van der Waals surface area contributed by atoms with Gasteiger partial charge in [0.15, 0.2) is 0 Å². The van der Waals surface area contributed by atoms with Crippen LogP contribution in [0, 0.1) is 0 Å². The Balaban J connectivity index is 1.56. The normalized spacial score (nSPS) is 14.6. The van der Waals surface area contributed by atoms with E-state index >= 15 is 0 Å². The number of H-pyrrole nitrogens is 1. The molecule has 0 radical (unpaired) electrons. The number of benzene rings is 2. The number of thioether (sulfide) groups is 1. The van der Waals surface area contributed by atoms with Gasteiger partial charge in [0.25, 0.3) is 5.91 Å². The molecule has 2 aromatic carbocycles. The lowest BCUT2D eigenvalue weighted by molar-refractivity contribution is 0.0767. The van der Waals surface area contributed by atoms with E-state index in [1.54, 1.807) is 0 Å². The zero-order chi connectivity index (χ0) is 17.1. The van der Waals surface area contributed by atoms with Crippen LogP contribution in [0.1, 0.15) is 16.1 Å². The Hall–Kier alpha value is -2.40. The zero-order valence-corrected chi connectivity index (χ0v) is 14.7. The van der Waals surface area contributed by atoms with Gasteiger partial charge in [0, 0.05) is 35.5 Å². The van der Waals surface area contributed by atoms with Crippen LogP contribution in [0.5, 0.6) is 5.75 Å². The molecule has 4 rings (SSSR count). The van der Waals surface area contributed by atoms with E-state index < -0.39 is 0 Å². The molecule has 2 heterocycles. The number of amides is 1. The van der Waals surface area contributed by atoms with Crippen molar-refractivity contribution in [2.75, 3.05) is 24.6 Å². The van der Waals surface area contributed by atoms with Crippen LogP contribution in [-0.4, -0.2) is 40.4 Å². The molecule has 1 aliphatic heterocycles. The highest BCUT2D eigenvalue weighted by Crippen LogP contribution is 2.28. The van der Waals surface area contributed by atoms with E-state index in [0.29, 0.717) is 12.3 Å². The van der Waals surface area contributed by atoms with Crippen molar-refractivity contribution in [3.8, 4) is 5.75 Å². The molecule has 1 aromatic heterocycles. The van der Waals surface area contributed by atoms with Crippen molar-refractivity contribution in [1.29, 1.82) is 0 Å². The molecule has 0 saturated carbocycles. The molecule has 0 atom stereocenters. The topological polar surface area (TPSA) is 45.3 Å². The van der Waals surface area contributed by atoms with Crippen LogP contribution in [0.4, 0.5) is 0 Å². The minimum Gasteiger partial charge on any atom is -0.488 e. The van der Waals surface area contributed by atoms with Gasteiger partial charge in [-0.1, -0.05) is 36.4 Å². The monoisotopic (exact) mass is 352 g/mol. The molecule has 1 N–H and O–H groups in total. The van der Waals surface area contributed by atoms with E-state index in [4.69, 9.17) is 4.74 Å². The number of ether oxygens (including phenoxy) is 1. The Morgan fingerprint density at radius 1 is 1.08 bits per heavy atom. The van der Waals surface area contributed by atoms with E-state index in [1.165, 1.54) is 0 Å². The maximum atomic E-state index is 12.7. The van der Waals surface area contributed by atoms with Crippen LogP contribution in [0.2, 0.25) is 0 Å². The van der Waals surface area contributed by atoms with Crippen LogP contribution in [0.25, 0.3) is 10.9 Å². The van der Waals surface area contributed by atoms with Crippen molar-refractivity contribution in [1.82, 2.24) is 9.88 Å². The fourth-order valence-electron chi connectivity index (χ4n) is 3.04. The van der Waals surface area contributed by atoms with Crippen molar-refractivity contribution >= 4 is 28.6 Å². The number of carbonyl (C=O) groups excluding carboxylic acids is 1. The van der Waals surface area contributed by atoms with Gasteiger partial charge in [-0.15, -0.1) is 0 Å². The quantitative estimate of drug-likeness (QED) is 0.774. The third-order valence-electron chi connectivity index (χ3n) is 4.39. The Kier molecular flexibility index (Phi) is 4.65. The Morgan fingerprint density at radius 2 is 1.88 bits per heavy atom. The summed E-state index contributed by atoms with van der Waals surface area (Å²) in [7, 11) is 0. The van der Waals surface area contributed by atoms with Crippen molar-refractivity contribution in [3.63, 3.8) is 0 Å². The number of nitrogens with one attached hydrogen (secondary N) is 1. The van der Waals surface area contributed by atoms with Gasteiger partial charge in [0.05, 0.1) is 0 Å². The van der Waals surface area contributed by atoms with Gasteiger partial charge >= 0.3 is 0 Å². The van der Waals surface area contributed by atoms with E-state index in [2.05, 4.69) is 4.98 Å². The SMILES string of the molecule is O=C(c1cc2c(OCc3ccccc3)cccc2[nH]1)N1CCSCC1. The zero-order valence-electron chi connectivity index (χ0n) is 13.9. The van der Waals surface area contributed by atoms with Gasteiger partial charge < -0.3 is 14.6 Å². The molecule has 0 aliphatic carbocycles. The molecule has 1 amide bonds. The average molecular weight is 352 g/mol. The van der Waals surface area contributed by atoms with E-state index in [9.17, 15) is 4.79 Å². The van der Waals surface area contributed by atoms with Crippen LogP contribution >= 0.6 is 11.8 Å². The average Bonchev–Trinajstić information content (AvgIpc) is 3.12. The highest BCUT2D eigenvalue weighted by molar-refractivity contribution is 7.99. The van der Waals surface area contributed by atoms with Crippen molar-refractivity contribution in [2.45, 2.75) is 6.61 Å². The molecule has 4 nitrogen and oxygen atoms in total. The van der Waals surface area contributed by atoms with E-state index in [0.717, 1.165) is 46.8 Å². The first-order valence-electron chi connectivity index (χ1n) is 8.47. The first-order chi connectivity index (χ1) is 12.3. The second-order valence-corrected chi connectivity index (χ2v) is 7.30. The molecule has 1 saturated heterocycles. The molecule has 0 unspecified atom stereocenters. The molecule has 1 fully saturated rings. The molecule has 0 spiro atoms. The van der Waals surface area contributed by atoms with Gasteiger partial charge in [-0.2, -0.15) is 11.8 Å². The predicted octanol–water partition coefficient (Wildman–Crippen LogP) is 3.94. The van der Waals surface area contributed by atoms with Gasteiger partial charge in [0.1, 0.15) is 18.1 Å². The van der Waals surface area contributed by atoms with E-state index in [1.807, 2.05) is 71.3 Å². The summed E-state index contributed by atoms with van der Waals surface area (Å²) < 4.78 is 6.00. The maximum absolute atomic E-state index is 12.7. The largest absolute Gasteiger partial charge is 0.488 e. The lowest BCUT2D eigenvalue weighted by Gasteiger charge is -2.25. The number of carbonyl (C=O) groups is 1. The minimum absolute atomic E-state index is 0.0745. The van der Waals surface area contributed by atoms with Crippen molar-refractivity contribution in [3.05, 3.63) is 65.9 Å². The predicted molar refractivity (Wildman–Crippen MR) is 102 cm³/mol. The van der Waals surface area contributed by atoms with Gasteiger partial charge in [-0.25, -0.2) is 0 Å². The summed E-state index contributed by atoms with van der Waals surface area (Å²) in [4.78, 5) is 17.9. The molecule has 128 valence electrons. The number of nitrogens with zero attached hydrogens (tertiary/aromatic N) is 1. The Morgan fingerprint density at radius 3 is 2.68 bits per heavy atom. The number of fused-ring (bicyclic) bond motifs is 1. The first kappa shape index (κ1) is 16.1. The van der Waals surface area contributed by atoms with Gasteiger partial charge in [-0.05, 0) is 23.8 Å². The number of hydrogen-bond acceptors (Lipinski definition) is 3. The van der Waals surface area contributed by atoms with Crippen LogP contribution in [-0.2, 0) is 6.61 Å². The molecule has 3 aromatic rings. The third-order valence-corrected chi connectivity index (χ3v) is 5.33. The lowest BCUT2D eigenvalue weighted by atomic mass is 10.2. The fraction of sp³-hybridized carbons (Fsp3) is 0.250. The van der Waals surface area contributed by atoms with E-state index in [-0.39, 0.29) is 5.91 Å². The molecular weight excluding hydrogens is 332 g/mol. The minimum atomic E-state index is 0.0745. The summed E-state index contributed by atoms with van der Waals surface area (Å²) in [6.45, 7) is 2.14. The molecule has 5 heteroatoms. The number of hydrogen-bond donors (Lipinski definition) is 1. The molecule has 0 bridgehead atoms. The van der Waals surface area contributed by atoms with Gasteiger partial charge in [-0.3, -0.25) is 4.79 Å². The highest BCUT2D eigenvalue weighted by Gasteiger charge is 2.20. The van der Waals surface area contributed by atoms with Crippen LogP contribution in [0.15, 0.2) is 54.6 Å². The smallest absolute Gasteiger partial charge is 0.270 e. The van der Waals surface area contributed by atoms with Crippen LogP contribution in [0.3, 0.4) is 0 Å². The standard InChI is InChI=1S/C20H20N2O2S/c23-20(22-9-11-25-12-10-22)18-13-16-17(21-18)7-4-8-19(16)24-14-15-5-2-1-3-6-15/h1-8,13,21H,9-12,14H2. The summed E-state index contributed by atoms with van der Waals surface area (Å²) in [6.07, 6.45) is 0. The Labute approximate surface area is 151 Å². The van der Waals surface area contributed by atoms with Crippen LogP contribution < -0.4 is 4.74 Å². The summed E-state index contributed by atoms with van der Waals surface area (Å²) in [5.74, 6) is 2.89. The summed E-state index contributed by atoms with van der Waals surface area (Å²) in [5.41, 5.74) is 2.69. The summed E-state index contributed by atoms with van der Waals surface area (Å²) in [5, 5.41) is 0.952. The summed E-state index contributed by atoms with van der Waals surface area (Å²) in [6, 6.07) is 17.9. The second-order valence-electron chi connectivity index (χ2n) is 6.08. The first-order valence-corrected chi connectivity index (χ1v) is 9.62. The number of rotatable bonds is 4. The van der Waals surface area contributed by atoms with Crippen molar-refractivity contribution < 1.29 is 9.53 Å². The molecule has 25 heavy (non-hydrogen) atoms. The van der Waals surface area contributed by atoms with Crippen molar-refractivity contribution in [2.24, 2.45) is 0 Å². The summed E-state index contributed by atoms with van der Waals surface area (Å²) >= 11 is 1.90. The van der Waals surface area contributed by atoms with Gasteiger partial charge in [0.2, 0.25) is 0 Å². The third kappa shape index (κ3) is 3.51. The Bertz CT molecular complexity index is 870. The number of aromatic amines is 1.